The lowest BCUT2D eigenvalue weighted by molar-refractivity contribution is 0.248. The van der Waals surface area contributed by atoms with E-state index in [2.05, 4.69) is 30.5 Å². The van der Waals surface area contributed by atoms with Crippen molar-refractivity contribution in [3.8, 4) is 6.07 Å². The Morgan fingerprint density at radius 2 is 1.13 bits per heavy atom. The van der Waals surface area contributed by atoms with Crippen LogP contribution in [0.2, 0.25) is 0 Å². The topological polar surface area (TPSA) is 41.1 Å². The zero-order valence-electron chi connectivity index (χ0n) is 18.8. The molecule has 3 aliphatic heterocycles. The lowest BCUT2D eigenvalue weighted by atomic mass is 10.2. The summed E-state index contributed by atoms with van der Waals surface area (Å²) < 4.78 is 0. The van der Waals surface area contributed by atoms with Gasteiger partial charge in [0.25, 0.3) is 0 Å². The molecule has 3 rings (SSSR count). The van der Waals surface area contributed by atoms with Crippen molar-refractivity contribution in [1.82, 2.24) is 19.6 Å². The van der Waals surface area contributed by atoms with Gasteiger partial charge in [0.2, 0.25) is 0 Å². The molecule has 0 aromatic carbocycles. The molecule has 30 heavy (non-hydrogen) atoms. The standard InChI is InChI=1S/C24H40N6/c1-26-23(22-25)24-29(18-10-16-27-12-6-2-3-7-13-27)20-21-30(24)19-11-17-28-14-8-4-5-9-15-28/h2-21H2. The Morgan fingerprint density at radius 1 is 0.700 bits per heavy atom. The van der Waals surface area contributed by atoms with Crippen LogP contribution in [0.25, 0.3) is 4.85 Å². The van der Waals surface area contributed by atoms with E-state index in [1.165, 1.54) is 77.5 Å². The molecule has 0 atom stereocenters. The Hall–Kier alpha value is -1.76. The molecule has 3 saturated heterocycles. The number of hydrogen-bond donors (Lipinski definition) is 0. The van der Waals surface area contributed by atoms with Crippen molar-refractivity contribution < 1.29 is 0 Å². The first-order valence-corrected chi connectivity index (χ1v) is 12.3. The molecule has 0 amide bonds. The summed E-state index contributed by atoms with van der Waals surface area (Å²) in [6.07, 6.45) is 13.0. The SMILES string of the molecule is [C-]#[N+]C(C#N)=C1N(CCCN2CCCCCC2)CCN1CCCN1CCCCCC1. The predicted octanol–water partition coefficient (Wildman–Crippen LogP) is 3.75. The lowest BCUT2D eigenvalue weighted by Gasteiger charge is -2.27. The van der Waals surface area contributed by atoms with Crippen LogP contribution in [0.1, 0.15) is 64.2 Å². The summed E-state index contributed by atoms with van der Waals surface area (Å²) in [6.45, 7) is 18.5. The van der Waals surface area contributed by atoms with Crippen LogP contribution >= 0.6 is 0 Å². The summed E-state index contributed by atoms with van der Waals surface area (Å²) in [7, 11) is 0. The fraction of sp³-hybridized carbons (Fsp3) is 0.833. The van der Waals surface area contributed by atoms with Gasteiger partial charge in [-0.3, -0.25) is 0 Å². The number of allylic oxidation sites excluding steroid dienone is 1. The highest BCUT2D eigenvalue weighted by atomic mass is 15.4. The van der Waals surface area contributed by atoms with Crippen molar-refractivity contribution >= 4 is 0 Å². The van der Waals surface area contributed by atoms with E-state index in [9.17, 15) is 5.26 Å². The normalized spacial score (nSPS) is 21.7. The molecular weight excluding hydrogens is 372 g/mol. The molecule has 0 aromatic rings. The maximum Gasteiger partial charge on any atom is 0.300 e. The molecule has 0 aliphatic carbocycles. The van der Waals surface area contributed by atoms with Crippen LogP contribution < -0.4 is 0 Å². The van der Waals surface area contributed by atoms with Gasteiger partial charge in [0.05, 0.1) is 12.6 Å². The molecule has 166 valence electrons. The molecule has 0 N–H and O–H groups in total. The van der Waals surface area contributed by atoms with Crippen LogP contribution in [-0.4, -0.2) is 85.0 Å². The van der Waals surface area contributed by atoms with Crippen LogP contribution in [0.3, 0.4) is 0 Å². The van der Waals surface area contributed by atoms with Crippen LogP contribution in [0.15, 0.2) is 11.5 Å². The number of likely N-dealkylation sites (tertiary alicyclic amines) is 2. The molecule has 0 radical (unpaired) electrons. The van der Waals surface area contributed by atoms with Crippen molar-refractivity contribution in [2.75, 3.05) is 65.4 Å². The predicted molar refractivity (Wildman–Crippen MR) is 121 cm³/mol. The number of nitrogens with zero attached hydrogens (tertiary/aromatic N) is 6. The minimum absolute atomic E-state index is 0.275. The van der Waals surface area contributed by atoms with Gasteiger partial charge in [-0.1, -0.05) is 25.7 Å². The van der Waals surface area contributed by atoms with Crippen molar-refractivity contribution in [3.63, 3.8) is 0 Å². The van der Waals surface area contributed by atoms with Crippen molar-refractivity contribution in [3.05, 3.63) is 22.9 Å². The second-order valence-electron chi connectivity index (χ2n) is 9.09. The van der Waals surface area contributed by atoms with Gasteiger partial charge in [-0.15, -0.1) is 0 Å². The number of hydrogen-bond acceptors (Lipinski definition) is 5. The van der Waals surface area contributed by atoms with E-state index in [4.69, 9.17) is 6.57 Å². The third kappa shape index (κ3) is 6.89. The fourth-order valence-corrected chi connectivity index (χ4v) is 5.20. The summed E-state index contributed by atoms with van der Waals surface area (Å²) in [5.74, 6) is 0.902. The zero-order valence-corrected chi connectivity index (χ0v) is 18.8. The van der Waals surface area contributed by atoms with Crippen molar-refractivity contribution in [2.45, 2.75) is 64.2 Å². The van der Waals surface area contributed by atoms with Gasteiger partial charge < -0.3 is 19.6 Å². The maximum atomic E-state index is 9.55. The summed E-state index contributed by atoms with van der Waals surface area (Å²) in [4.78, 5) is 13.4. The lowest BCUT2D eigenvalue weighted by Crippen LogP contribution is -2.32. The minimum atomic E-state index is 0.275. The monoisotopic (exact) mass is 412 g/mol. The Labute approximate surface area is 183 Å². The fourth-order valence-electron chi connectivity index (χ4n) is 5.20. The molecule has 0 saturated carbocycles. The molecule has 6 heteroatoms. The van der Waals surface area contributed by atoms with Gasteiger partial charge in [-0.2, -0.15) is 0 Å². The van der Waals surface area contributed by atoms with Gasteiger partial charge in [0, 0.05) is 26.2 Å². The maximum absolute atomic E-state index is 9.55. The summed E-state index contributed by atoms with van der Waals surface area (Å²) in [5, 5.41) is 9.55. The van der Waals surface area contributed by atoms with Crippen LogP contribution in [0.4, 0.5) is 0 Å². The van der Waals surface area contributed by atoms with Crippen LogP contribution in [-0.2, 0) is 0 Å². The smallest absolute Gasteiger partial charge is 0.300 e. The molecular formula is C24H40N6. The average molecular weight is 413 g/mol. The molecule has 3 heterocycles. The molecule has 0 spiro atoms. The summed E-state index contributed by atoms with van der Waals surface area (Å²) >= 11 is 0. The van der Waals surface area contributed by atoms with Crippen LogP contribution in [0, 0.1) is 17.9 Å². The van der Waals surface area contributed by atoms with Gasteiger partial charge in [0.1, 0.15) is 5.82 Å². The van der Waals surface area contributed by atoms with Crippen molar-refractivity contribution in [2.24, 2.45) is 0 Å². The average Bonchev–Trinajstić information content (AvgIpc) is 2.97. The second kappa shape index (κ2) is 12.8. The molecule has 0 aromatic heterocycles. The quantitative estimate of drug-likeness (QED) is 0.449. The highest BCUT2D eigenvalue weighted by Gasteiger charge is 2.28. The largest absolute Gasteiger partial charge is 0.365 e. The first-order chi connectivity index (χ1) is 14.8. The molecule has 6 nitrogen and oxygen atoms in total. The first kappa shape index (κ1) is 22.9. The van der Waals surface area contributed by atoms with Gasteiger partial charge >= 0.3 is 5.70 Å². The Balaban J connectivity index is 1.49. The van der Waals surface area contributed by atoms with Gasteiger partial charge in [-0.05, 0) is 77.8 Å². The highest BCUT2D eigenvalue weighted by molar-refractivity contribution is 5.33. The van der Waals surface area contributed by atoms with Gasteiger partial charge in [-0.25, -0.2) is 10.1 Å². The molecule has 0 bridgehead atoms. The second-order valence-corrected chi connectivity index (χ2v) is 9.09. The van der Waals surface area contributed by atoms with E-state index in [1.54, 1.807) is 0 Å². The third-order valence-corrected chi connectivity index (χ3v) is 6.87. The minimum Gasteiger partial charge on any atom is -0.365 e. The molecule has 3 fully saturated rings. The summed E-state index contributed by atoms with van der Waals surface area (Å²) in [5.41, 5.74) is 0.275. The van der Waals surface area contributed by atoms with Crippen molar-refractivity contribution in [1.29, 1.82) is 5.26 Å². The van der Waals surface area contributed by atoms with Crippen LogP contribution in [0.5, 0.6) is 0 Å². The summed E-state index contributed by atoms with van der Waals surface area (Å²) in [6, 6.07) is 2.17. The van der Waals surface area contributed by atoms with E-state index in [0.717, 1.165) is 57.9 Å². The molecule has 3 aliphatic rings. The van der Waals surface area contributed by atoms with E-state index in [0.29, 0.717) is 0 Å². The molecule has 0 unspecified atom stereocenters. The first-order valence-electron chi connectivity index (χ1n) is 12.3. The Bertz CT molecular complexity index is 563. The Kier molecular flexibility index (Phi) is 9.80. The van der Waals surface area contributed by atoms with E-state index < -0.39 is 0 Å². The highest BCUT2D eigenvalue weighted by Crippen LogP contribution is 2.24. The van der Waals surface area contributed by atoms with Gasteiger partial charge in [0.15, 0.2) is 0 Å². The van der Waals surface area contributed by atoms with E-state index in [-0.39, 0.29) is 5.70 Å². The van der Waals surface area contributed by atoms with E-state index >= 15 is 0 Å². The Morgan fingerprint density at radius 3 is 1.50 bits per heavy atom. The van der Waals surface area contributed by atoms with E-state index in [1.807, 2.05) is 0 Å². The number of rotatable bonds is 8. The number of nitriles is 1. The zero-order chi connectivity index (χ0) is 21.0. The third-order valence-electron chi connectivity index (χ3n) is 6.87.